The van der Waals surface area contributed by atoms with Crippen molar-refractivity contribution in [1.82, 2.24) is 16.0 Å². The largest absolute Gasteiger partial charge is 0.480 e. The van der Waals surface area contributed by atoms with Gasteiger partial charge < -0.3 is 49.7 Å². The van der Waals surface area contributed by atoms with Crippen LogP contribution < -0.4 is 44.6 Å². The maximum absolute atomic E-state index is 13.3. The quantitative estimate of drug-likeness (QED) is 0.0481. The van der Waals surface area contributed by atoms with Crippen LogP contribution in [-0.2, 0) is 19.2 Å². The smallest absolute Gasteiger partial charge is 0.326 e. The van der Waals surface area contributed by atoms with Gasteiger partial charge >= 0.3 is 5.97 Å². The van der Waals surface area contributed by atoms with E-state index in [-0.39, 0.29) is 49.6 Å². The molecule has 39 heavy (non-hydrogen) atoms. The molecule has 0 aliphatic carbocycles. The number of amides is 3. The third-order valence-electron chi connectivity index (χ3n) is 6.00. The van der Waals surface area contributed by atoms with Gasteiger partial charge in [-0.15, -0.1) is 0 Å². The lowest BCUT2D eigenvalue weighted by atomic mass is 9.96. The summed E-state index contributed by atoms with van der Waals surface area (Å²) in [6, 6.07) is -4.09. The van der Waals surface area contributed by atoms with E-state index in [1.807, 2.05) is 20.8 Å². The molecule has 0 radical (unpaired) electrons. The third-order valence-corrected chi connectivity index (χ3v) is 6.00. The van der Waals surface area contributed by atoms with Gasteiger partial charge in [-0.25, -0.2) is 4.79 Å². The summed E-state index contributed by atoms with van der Waals surface area (Å²) in [6.07, 6.45) is 2.00. The second kappa shape index (κ2) is 18.6. The number of hydrogen-bond donors (Lipinski definition) is 9. The molecule has 3 amide bonds. The Kier molecular flexibility index (Phi) is 16.9. The Balaban J connectivity index is 5.62. The molecule has 0 fully saturated rings. The van der Waals surface area contributed by atoms with Crippen molar-refractivity contribution in [3.05, 3.63) is 0 Å². The second-order valence-electron chi connectivity index (χ2n) is 9.97. The lowest BCUT2D eigenvalue weighted by Crippen LogP contribution is -2.58. The van der Waals surface area contributed by atoms with E-state index in [1.165, 1.54) is 0 Å². The molecule has 0 spiro atoms. The van der Waals surface area contributed by atoms with Crippen molar-refractivity contribution in [3.8, 4) is 0 Å². The highest BCUT2D eigenvalue weighted by Crippen LogP contribution is 2.12. The summed E-state index contributed by atoms with van der Waals surface area (Å²) in [5.41, 5.74) is 27.3. The van der Waals surface area contributed by atoms with E-state index in [0.29, 0.717) is 25.8 Å². The van der Waals surface area contributed by atoms with E-state index >= 15 is 0 Å². The minimum Gasteiger partial charge on any atom is -0.480 e. The van der Waals surface area contributed by atoms with E-state index in [4.69, 9.17) is 28.7 Å². The van der Waals surface area contributed by atoms with Crippen LogP contribution in [0.3, 0.4) is 0 Å². The van der Waals surface area contributed by atoms with Crippen LogP contribution in [0.2, 0.25) is 0 Å². The summed E-state index contributed by atoms with van der Waals surface area (Å²) in [4.78, 5) is 58.5. The highest BCUT2D eigenvalue weighted by atomic mass is 16.4. The first-order valence-electron chi connectivity index (χ1n) is 13.2. The molecule has 0 heterocycles. The van der Waals surface area contributed by atoms with E-state index in [0.717, 1.165) is 0 Å². The van der Waals surface area contributed by atoms with Crippen LogP contribution in [0.1, 0.15) is 66.2 Å². The SMILES string of the molecule is CCC(C)C(NC(=O)C(CCCN=C(N)N)NC(=O)C(N)CCCN=C(N)N)C(=O)NC(CC(C)C)C(=O)O. The number of aliphatic imine (C=N–C) groups is 2. The first-order valence-corrected chi connectivity index (χ1v) is 13.2. The zero-order chi connectivity index (χ0) is 30.1. The summed E-state index contributed by atoms with van der Waals surface area (Å²) in [5, 5.41) is 17.4. The summed E-state index contributed by atoms with van der Waals surface area (Å²) in [5.74, 6) is -3.42. The van der Waals surface area contributed by atoms with Gasteiger partial charge in [-0.05, 0) is 43.9 Å². The fraction of sp³-hybridized carbons (Fsp3) is 0.750. The first kappa shape index (κ1) is 35.4. The van der Waals surface area contributed by atoms with Gasteiger partial charge in [-0.3, -0.25) is 24.4 Å². The molecular weight excluding hydrogens is 508 g/mol. The van der Waals surface area contributed by atoms with E-state index in [9.17, 15) is 24.3 Å². The maximum atomic E-state index is 13.3. The zero-order valence-corrected chi connectivity index (χ0v) is 23.5. The Morgan fingerprint density at radius 2 is 1.28 bits per heavy atom. The highest BCUT2D eigenvalue weighted by Gasteiger charge is 2.32. The average molecular weight is 557 g/mol. The van der Waals surface area contributed by atoms with Crippen LogP contribution in [0.25, 0.3) is 0 Å². The molecule has 0 rings (SSSR count). The number of nitrogens with two attached hydrogens (primary N) is 5. The van der Waals surface area contributed by atoms with Gasteiger partial charge in [-0.2, -0.15) is 0 Å². The molecule has 15 nitrogen and oxygen atoms in total. The molecule has 0 saturated carbocycles. The van der Waals surface area contributed by atoms with Crippen molar-refractivity contribution in [2.24, 2.45) is 50.5 Å². The third kappa shape index (κ3) is 15.4. The molecular formula is C24H48N10O5. The fourth-order valence-electron chi connectivity index (χ4n) is 3.61. The van der Waals surface area contributed by atoms with E-state index in [2.05, 4.69) is 25.9 Å². The van der Waals surface area contributed by atoms with Crippen LogP contribution in [0.4, 0.5) is 0 Å². The summed E-state index contributed by atoms with van der Waals surface area (Å²) < 4.78 is 0. The maximum Gasteiger partial charge on any atom is 0.326 e. The molecule has 0 aromatic heterocycles. The normalized spacial score (nSPS) is 14.7. The predicted octanol–water partition coefficient (Wildman–Crippen LogP) is -1.95. The monoisotopic (exact) mass is 556 g/mol. The number of rotatable bonds is 19. The van der Waals surface area contributed by atoms with Crippen molar-refractivity contribution in [3.63, 3.8) is 0 Å². The van der Waals surface area contributed by atoms with Crippen molar-refractivity contribution < 1.29 is 24.3 Å². The Morgan fingerprint density at radius 3 is 1.74 bits per heavy atom. The lowest BCUT2D eigenvalue weighted by Gasteiger charge is -2.28. The predicted molar refractivity (Wildman–Crippen MR) is 150 cm³/mol. The van der Waals surface area contributed by atoms with Crippen LogP contribution in [-0.4, -0.2) is 78.0 Å². The van der Waals surface area contributed by atoms with Crippen molar-refractivity contribution >= 4 is 35.6 Å². The van der Waals surface area contributed by atoms with Gasteiger partial charge in [0, 0.05) is 13.1 Å². The summed E-state index contributed by atoms with van der Waals surface area (Å²) >= 11 is 0. The van der Waals surface area contributed by atoms with Crippen molar-refractivity contribution in [2.75, 3.05) is 13.1 Å². The van der Waals surface area contributed by atoms with Crippen molar-refractivity contribution in [2.45, 2.75) is 90.4 Å². The van der Waals surface area contributed by atoms with Crippen LogP contribution in [0.5, 0.6) is 0 Å². The lowest BCUT2D eigenvalue weighted by molar-refractivity contribution is -0.143. The molecule has 224 valence electrons. The number of carbonyl (C=O) groups excluding carboxylic acids is 3. The molecule has 5 unspecified atom stereocenters. The topological polar surface area (TPSA) is 279 Å². The number of guanidine groups is 2. The number of nitrogens with zero attached hydrogens (tertiary/aromatic N) is 2. The molecule has 0 aromatic rings. The van der Waals surface area contributed by atoms with Crippen LogP contribution in [0, 0.1) is 11.8 Å². The van der Waals surface area contributed by atoms with Gasteiger partial charge in [0.2, 0.25) is 17.7 Å². The van der Waals surface area contributed by atoms with Gasteiger partial charge in [0.1, 0.15) is 18.1 Å². The van der Waals surface area contributed by atoms with Gasteiger partial charge in [0.05, 0.1) is 6.04 Å². The number of carboxylic acids is 1. The molecule has 15 heteroatoms. The first-order chi connectivity index (χ1) is 18.2. The molecule has 0 bridgehead atoms. The number of carbonyl (C=O) groups is 4. The molecule has 5 atom stereocenters. The van der Waals surface area contributed by atoms with Gasteiger partial charge in [0.25, 0.3) is 0 Å². The number of nitrogens with one attached hydrogen (secondary N) is 3. The minimum absolute atomic E-state index is 0.0246. The Labute approximate surface area is 230 Å². The van der Waals surface area contributed by atoms with Gasteiger partial charge in [0.15, 0.2) is 11.9 Å². The molecule has 14 N–H and O–H groups in total. The standard InChI is InChI=1S/C24H48N10O5/c1-5-14(4)18(21(37)33-17(22(38)39)12-13(2)3)34-20(36)16(9-7-11-31-24(28)29)32-19(35)15(25)8-6-10-30-23(26)27/h13-18H,5-12,25H2,1-4H3,(H,32,35)(H,33,37)(H,34,36)(H,38,39)(H4,26,27,30)(H4,28,29,31). The van der Waals surface area contributed by atoms with Crippen molar-refractivity contribution in [1.29, 1.82) is 0 Å². The highest BCUT2D eigenvalue weighted by molar-refractivity contribution is 5.94. The molecule has 0 aliphatic rings. The average Bonchev–Trinajstić information content (AvgIpc) is 2.84. The number of aliphatic carboxylic acids is 1. The van der Waals surface area contributed by atoms with Crippen LogP contribution in [0.15, 0.2) is 9.98 Å². The summed E-state index contributed by atoms with van der Waals surface area (Å²) in [7, 11) is 0. The zero-order valence-electron chi connectivity index (χ0n) is 23.5. The van der Waals surface area contributed by atoms with Gasteiger partial charge in [-0.1, -0.05) is 34.1 Å². The Morgan fingerprint density at radius 1 is 0.769 bits per heavy atom. The number of hydrogen-bond acceptors (Lipinski definition) is 7. The van der Waals surface area contributed by atoms with Crippen LogP contribution >= 0.6 is 0 Å². The fourth-order valence-corrected chi connectivity index (χ4v) is 3.61. The minimum atomic E-state index is -1.16. The Hall–Kier alpha value is -3.62. The number of carboxylic acid groups (broad SMARTS) is 1. The Bertz CT molecular complexity index is 856. The van der Waals surface area contributed by atoms with E-state index in [1.54, 1.807) is 6.92 Å². The molecule has 0 saturated heterocycles. The molecule has 0 aliphatic heterocycles. The van der Waals surface area contributed by atoms with E-state index < -0.39 is 47.9 Å². The molecule has 0 aromatic carbocycles. The summed E-state index contributed by atoms with van der Waals surface area (Å²) in [6.45, 7) is 7.81. The second-order valence-corrected chi connectivity index (χ2v) is 9.97.